The zero-order valence-corrected chi connectivity index (χ0v) is 9.38. The van der Waals surface area contributed by atoms with Crippen molar-refractivity contribution in [2.45, 2.75) is 6.42 Å². The summed E-state index contributed by atoms with van der Waals surface area (Å²) in [6.45, 7) is 0. The van der Waals surface area contributed by atoms with Gasteiger partial charge in [0, 0.05) is 17.4 Å². The van der Waals surface area contributed by atoms with Gasteiger partial charge >= 0.3 is 5.97 Å². The molecular weight excluding hydrogens is 230 g/mol. The minimum atomic E-state index is -1.03. The number of carboxylic acid groups (broad SMARTS) is 1. The number of hydrogen-bond acceptors (Lipinski definition) is 3. The lowest BCUT2D eigenvalue weighted by Crippen LogP contribution is -2.14. The average Bonchev–Trinajstić information content (AvgIpc) is 2.37. The second kappa shape index (κ2) is 3.77. The van der Waals surface area contributed by atoms with Crippen LogP contribution in [0.25, 0.3) is 16.5 Å². The normalized spacial score (nSPS) is 14.2. The van der Waals surface area contributed by atoms with E-state index < -0.39 is 5.97 Å². The largest absolute Gasteiger partial charge is 0.478 e. The summed E-state index contributed by atoms with van der Waals surface area (Å²) in [4.78, 5) is 27.2. The molecule has 0 unspecified atom stereocenters. The fraction of sp³-hybridized carbons (Fsp3) is 0.0714. The molecule has 18 heavy (non-hydrogen) atoms. The highest BCUT2D eigenvalue weighted by Crippen LogP contribution is 2.28. The van der Waals surface area contributed by atoms with Crippen molar-refractivity contribution in [1.29, 1.82) is 0 Å². The number of carbonyl (C=O) groups excluding carboxylic acids is 1. The van der Waals surface area contributed by atoms with Crippen molar-refractivity contribution >= 4 is 28.2 Å². The van der Waals surface area contributed by atoms with E-state index in [4.69, 9.17) is 5.11 Å². The molecule has 0 spiro atoms. The third kappa shape index (κ3) is 1.50. The Morgan fingerprint density at radius 2 is 2.06 bits per heavy atom. The highest BCUT2D eigenvalue weighted by atomic mass is 16.4. The lowest BCUT2D eigenvalue weighted by Gasteiger charge is -2.14. The quantitative estimate of drug-likeness (QED) is 0.829. The molecule has 4 heteroatoms. The second-order valence-corrected chi connectivity index (χ2v) is 4.13. The third-order valence-electron chi connectivity index (χ3n) is 3.00. The van der Waals surface area contributed by atoms with Crippen molar-refractivity contribution in [3.8, 4) is 0 Å². The number of nitrogens with zero attached hydrogens (tertiary/aromatic N) is 1. The number of allylic oxidation sites excluding steroid dienone is 1. The molecule has 1 aliphatic carbocycles. The van der Waals surface area contributed by atoms with E-state index in [1.165, 1.54) is 6.08 Å². The summed E-state index contributed by atoms with van der Waals surface area (Å²) in [5, 5.41) is 9.97. The Morgan fingerprint density at radius 1 is 1.28 bits per heavy atom. The van der Waals surface area contributed by atoms with E-state index in [1.54, 1.807) is 6.07 Å². The van der Waals surface area contributed by atoms with Crippen LogP contribution >= 0.6 is 0 Å². The minimum Gasteiger partial charge on any atom is -0.478 e. The maximum absolute atomic E-state index is 11.8. The Hall–Kier alpha value is -2.49. The molecule has 0 radical (unpaired) electrons. The first-order valence-corrected chi connectivity index (χ1v) is 5.53. The first-order valence-electron chi connectivity index (χ1n) is 5.53. The minimum absolute atomic E-state index is 0.0972. The van der Waals surface area contributed by atoms with Crippen LogP contribution in [-0.2, 0) is 4.79 Å². The molecule has 0 amide bonds. The van der Waals surface area contributed by atoms with Crippen LogP contribution in [0.3, 0.4) is 0 Å². The molecule has 1 aromatic heterocycles. The number of fused-ring (bicyclic) bond motifs is 2. The van der Waals surface area contributed by atoms with Crippen LogP contribution in [0.5, 0.6) is 0 Å². The van der Waals surface area contributed by atoms with Crippen molar-refractivity contribution in [2.75, 3.05) is 0 Å². The van der Waals surface area contributed by atoms with Gasteiger partial charge in [-0.1, -0.05) is 24.3 Å². The predicted molar refractivity (Wildman–Crippen MR) is 66.3 cm³/mol. The van der Waals surface area contributed by atoms with E-state index in [-0.39, 0.29) is 23.5 Å². The van der Waals surface area contributed by atoms with Gasteiger partial charge in [0.2, 0.25) is 0 Å². The van der Waals surface area contributed by atoms with Crippen LogP contribution in [0, 0.1) is 0 Å². The number of para-hydroxylation sites is 1. The number of carbonyl (C=O) groups is 2. The number of ketones is 1. The summed E-state index contributed by atoms with van der Waals surface area (Å²) in [5.74, 6) is -1.17. The zero-order valence-electron chi connectivity index (χ0n) is 9.38. The van der Waals surface area contributed by atoms with Gasteiger partial charge in [-0.2, -0.15) is 0 Å². The topological polar surface area (TPSA) is 67.3 Å². The van der Waals surface area contributed by atoms with Crippen LogP contribution < -0.4 is 0 Å². The van der Waals surface area contributed by atoms with Gasteiger partial charge in [0.15, 0.2) is 5.78 Å². The van der Waals surface area contributed by atoms with Crippen LogP contribution in [0.4, 0.5) is 0 Å². The molecule has 3 rings (SSSR count). The third-order valence-corrected chi connectivity index (χ3v) is 3.00. The molecule has 88 valence electrons. The molecule has 1 heterocycles. The number of pyridine rings is 1. The Kier molecular flexibility index (Phi) is 2.23. The van der Waals surface area contributed by atoms with Gasteiger partial charge in [0.1, 0.15) is 5.69 Å². The molecule has 0 atom stereocenters. The fourth-order valence-corrected chi connectivity index (χ4v) is 2.14. The number of hydrogen-bond donors (Lipinski definition) is 1. The second-order valence-electron chi connectivity index (χ2n) is 4.13. The molecule has 0 fully saturated rings. The van der Waals surface area contributed by atoms with Crippen molar-refractivity contribution in [3.63, 3.8) is 0 Å². The maximum atomic E-state index is 11.8. The van der Waals surface area contributed by atoms with Gasteiger partial charge in [-0.25, -0.2) is 9.78 Å². The van der Waals surface area contributed by atoms with Gasteiger partial charge in [-0.3, -0.25) is 4.79 Å². The molecule has 1 aliphatic rings. The van der Waals surface area contributed by atoms with E-state index in [0.717, 1.165) is 5.39 Å². The first-order chi connectivity index (χ1) is 8.66. The Bertz CT molecular complexity index is 716. The Balaban J connectivity index is 2.34. The summed E-state index contributed by atoms with van der Waals surface area (Å²) in [5.41, 5.74) is 1.53. The number of benzene rings is 1. The van der Waals surface area contributed by atoms with Gasteiger partial charge in [0.25, 0.3) is 0 Å². The molecular formula is C14H9NO3. The van der Waals surface area contributed by atoms with Crippen LogP contribution in [0.1, 0.15) is 22.5 Å². The molecule has 0 bridgehead atoms. The predicted octanol–water partition coefficient (Wildman–Crippen LogP) is 2.29. The molecule has 0 aliphatic heterocycles. The molecule has 0 saturated heterocycles. The van der Waals surface area contributed by atoms with Crippen LogP contribution in [0.2, 0.25) is 0 Å². The van der Waals surface area contributed by atoms with Crippen LogP contribution in [-0.4, -0.2) is 21.8 Å². The molecule has 1 aromatic carbocycles. The lowest BCUT2D eigenvalue weighted by atomic mass is 9.92. The van der Waals surface area contributed by atoms with E-state index in [2.05, 4.69) is 4.98 Å². The van der Waals surface area contributed by atoms with Crippen molar-refractivity contribution < 1.29 is 14.7 Å². The van der Waals surface area contributed by atoms with E-state index in [9.17, 15) is 9.59 Å². The number of rotatable bonds is 1. The standard InChI is InChI=1S/C14H9NO3/c16-12-6-5-9(14(17)18)10-7-8-3-1-2-4-11(8)15-13(10)12/h1-5,7H,6H2,(H,17,18). The summed E-state index contributed by atoms with van der Waals surface area (Å²) in [7, 11) is 0. The average molecular weight is 239 g/mol. The van der Waals surface area contributed by atoms with Crippen molar-refractivity contribution in [2.24, 2.45) is 0 Å². The first kappa shape index (κ1) is 10.7. The molecule has 1 N–H and O–H groups in total. The number of Topliss-reactive ketones (excluding diaryl/α,β-unsaturated/α-hetero) is 1. The highest BCUT2D eigenvalue weighted by Gasteiger charge is 2.24. The smallest absolute Gasteiger partial charge is 0.336 e. The number of aliphatic carboxylic acids is 1. The number of aromatic nitrogens is 1. The van der Waals surface area contributed by atoms with Crippen molar-refractivity contribution in [3.05, 3.63) is 47.7 Å². The Labute approximate surface area is 103 Å². The van der Waals surface area contributed by atoms with Gasteiger partial charge in [-0.15, -0.1) is 0 Å². The molecule has 2 aromatic rings. The van der Waals surface area contributed by atoms with Gasteiger partial charge in [0.05, 0.1) is 11.1 Å². The summed E-state index contributed by atoms with van der Waals surface area (Å²) >= 11 is 0. The SMILES string of the molecule is O=C(O)C1=CCC(=O)c2nc3ccccc3cc21. The van der Waals surface area contributed by atoms with E-state index in [1.807, 2.05) is 24.3 Å². The highest BCUT2D eigenvalue weighted by molar-refractivity contribution is 6.21. The van der Waals surface area contributed by atoms with Gasteiger partial charge in [-0.05, 0) is 12.1 Å². The molecule has 4 nitrogen and oxygen atoms in total. The monoisotopic (exact) mass is 239 g/mol. The summed E-state index contributed by atoms with van der Waals surface area (Å²) in [6.07, 6.45) is 1.55. The fourth-order valence-electron chi connectivity index (χ4n) is 2.14. The zero-order chi connectivity index (χ0) is 12.7. The Morgan fingerprint density at radius 3 is 2.83 bits per heavy atom. The summed E-state index contributed by atoms with van der Waals surface area (Å²) < 4.78 is 0. The molecule has 0 saturated carbocycles. The van der Waals surface area contributed by atoms with Gasteiger partial charge < -0.3 is 5.11 Å². The summed E-state index contributed by atoms with van der Waals surface area (Å²) in [6, 6.07) is 9.06. The van der Waals surface area contributed by atoms with E-state index >= 15 is 0 Å². The maximum Gasteiger partial charge on any atom is 0.336 e. The van der Waals surface area contributed by atoms with Crippen molar-refractivity contribution in [1.82, 2.24) is 4.98 Å². The van der Waals surface area contributed by atoms with Crippen LogP contribution in [0.15, 0.2) is 36.4 Å². The van der Waals surface area contributed by atoms with E-state index in [0.29, 0.717) is 11.1 Å². The lowest BCUT2D eigenvalue weighted by molar-refractivity contribution is -0.130. The number of carboxylic acids is 1.